The Morgan fingerprint density at radius 3 is 2.50 bits per heavy atom. The number of rotatable bonds is 5. The molecule has 5 nitrogen and oxygen atoms in total. The third-order valence-electron chi connectivity index (χ3n) is 3.50. The van der Waals surface area contributed by atoms with Crippen LogP contribution in [0.2, 0.25) is 0 Å². The number of aromatic nitrogens is 3. The van der Waals surface area contributed by atoms with Crippen molar-refractivity contribution in [1.29, 1.82) is 0 Å². The molecule has 1 atom stereocenters. The van der Waals surface area contributed by atoms with E-state index in [1.807, 2.05) is 42.5 Å². The molecule has 0 amide bonds. The smallest absolute Gasteiger partial charge is 0.181 e. The highest BCUT2D eigenvalue weighted by Crippen LogP contribution is 2.20. The molecule has 0 aliphatic heterocycles. The van der Waals surface area contributed by atoms with Crippen LogP contribution in [-0.4, -0.2) is 22.3 Å². The van der Waals surface area contributed by atoms with Crippen LogP contribution in [0.25, 0.3) is 11.4 Å². The molecule has 2 aromatic carbocycles. The van der Waals surface area contributed by atoms with Gasteiger partial charge in [0.05, 0.1) is 13.2 Å². The molecule has 1 heterocycles. The summed E-state index contributed by atoms with van der Waals surface area (Å²) in [6.07, 6.45) is 0.720. The second-order valence-electron chi connectivity index (χ2n) is 5.07. The predicted octanol–water partition coefficient (Wildman–Crippen LogP) is 2.72. The lowest BCUT2D eigenvalue weighted by atomic mass is 10.1. The van der Waals surface area contributed by atoms with E-state index in [0.29, 0.717) is 11.6 Å². The third kappa shape index (κ3) is 3.15. The largest absolute Gasteiger partial charge is 0.497 e. The number of nitrogens with two attached hydrogens (primary N) is 1. The molecule has 1 unspecified atom stereocenters. The minimum absolute atomic E-state index is 0.207. The molecule has 5 heteroatoms. The number of hydrogen-bond donors (Lipinski definition) is 2. The van der Waals surface area contributed by atoms with Crippen molar-refractivity contribution < 1.29 is 4.74 Å². The summed E-state index contributed by atoms with van der Waals surface area (Å²) in [4.78, 5) is 4.50. The zero-order valence-corrected chi connectivity index (χ0v) is 12.4. The molecule has 0 aliphatic carbocycles. The second-order valence-corrected chi connectivity index (χ2v) is 5.07. The van der Waals surface area contributed by atoms with E-state index in [-0.39, 0.29) is 6.04 Å². The zero-order valence-electron chi connectivity index (χ0n) is 12.4. The minimum Gasteiger partial charge on any atom is -0.497 e. The molecule has 3 rings (SSSR count). The number of aromatic amines is 1. The lowest BCUT2D eigenvalue weighted by molar-refractivity contribution is 0.415. The van der Waals surface area contributed by atoms with Crippen LogP contribution in [0, 0.1) is 0 Å². The van der Waals surface area contributed by atoms with Crippen molar-refractivity contribution in [2.75, 3.05) is 7.11 Å². The van der Waals surface area contributed by atoms with Crippen molar-refractivity contribution in [1.82, 2.24) is 15.2 Å². The van der Waals surface area contributed by atoms with Crippen LogP contribution in [0.3, 0.4) is 0 Å². The third-order valence-corrected chi connectivity index (χ3v) is 3.50. The highest BCUT2D eigenvalue weighted by Gasteiger charge is 2.13. The van der Waals surface area contributed by atoms with E-state index >= 15 is 0 Å². The van der Waals surface area contributed by atoms with Gasteiger partial charge in [-0.05, 0) is 36.2 Å². The Morgan fingerprint density at radius 2 is 1.82 bits per heavy atom. The number of H-pyrrole nitrogens is 1. The molecule has 0 radical (unpaired) electrons. The normalized spacial score (nSPS) is 12.1. The summed E-state index contributed by atoms with van der Waals surface area (Å²) >= 11 is 0. The summed E-state index contributed by atoms with van der Waals surface area (Å²) in [6.45, 7) is 0. The SMILES string of the molecule is COc1ccc(-c2n[nH]c(C(N)Cc3ccccc3)n2)cc1. The molecule has 0 saturated heterocycles. The summed E-state index contributed by atoms with van der Waals surface area (Å²) in [5, 5.41) is 7.18. The number of methoxy groups -OCH3 is 1. The average Bonchev–Trinajstić information content (AvgIpc) is 3.06. The topological polar surface area (TPSA) is 76.8 Å². The number of benzene rings is 2. The molecule has 0 bridgehead atoms. The first-order chi connectivity index (χ1) is 10.8. The van der Waals surface area contributed by atoms with E-state index in [1.54, 1.807) is 7.11 Å². The Balaban J connectivity index is 1.75. The van der Waals surface area contributed by atoms with Gasteiger partial charge in [-0.1, -0.05) is 30.3 Å². The van der Waals surface area contributed by atoms with Crippen molar-refractivity contribution >= 4 is 0 Å². The van der Waals surface area contributed by atoms with Crippen LogP contribution in [0.1, 0.15) is 17.4 Å². The summed E-state index contributed by atoms with van der Waals surface area (Å²) in [6, 6.07) is 17.5. The summed E-state index contributed by atoms with van der Waals surface area (Å²) < 4.78 is 5.15. The summed E-state index contributed by atoms with van der Waals surface area (Å²) in [5.74, 6) is 2.14. The minimum atomic E-state index is -0.207. The number of hydrogen-bond acceptors (Lipinski definition) is 4. The highest BCUT2D eigenvalue weighted by molar-refractivity contribution is 5.55. The number of nitrogens with zero attached hydrogens (tertiary/aromatic N) is 2. The number of ether oxygens (including phenoxy) is 1. The van der Waals surface area contributed by atoms with Gasteiger partial charge in [0, 0.05) is 5.56 Å². The van der Waals surface area contributed by atoms with E-state index in [4.69, 9.17) is 10.5 Å². The van der Waals surface area contributed by atoms with Gasteiger partial charge in [0.2, 0.25) is 0 Å². The summed E-state index contributed by atoms with van der Waals surface area (Å²) in [5.41, 5.74) is 8.31. The van der Waals surface area contributed by atoms with Crippen LogP contribution >= 0.6 is 0 Å². The Kier molecular flexibility index (Phi) is 4.16. The van der Waals surface area contributed by atoms with Crippen molar-refractivity contribution in [2.24, 2.45) is 5.73 Å². The van der Waals surface area contributed by atoms with Crippen molar-refractivity contribution in [3.63, 3.8) is 0 Å². The fourth-order valence-corrected chi connectivity index (χ4v) is 2.27. The molecule has 0 saturated carbocycles. The van der Waals surface area contributed by atoms with Gasteiger partial charge in [-0.15, -0.1) is 0 Å². The molecule has 3 N–H and O–H groups in total. The fraction of sp³-hybridized carbons (Fsp3) is 0.176. The average molecular weight is 294 g/mol. The maximum absolute atomic E-state index is 6.21. The first-order valence-corrected chi connectivity index (χ1v) is 7.12. The van der Waals surface area contributed by atoms with E-state index in [2.05, 4.69) is 27.3 Å². The maximum atomic E-state index is 6.21. The molecule has 3 aromatic rings. The molecule has 22 heavy (non-hydrogen) atoms. The molecule has 0 aliphatic rings. The van der Waals surface area contributed by atoms with Crippen LogP contribution in [0.5, 0.6) is 5.75 Å². The Bertz CT molecular complexity index is 722. The molecule has 0 fully saturated rings. The molecule has 1 aromatic heterocycles. The van der Waals surface area contributed by atoms with Gasteiger partial charge in [0.25, 0.3) is 0 Å². The maximum Gasteiger partial charge on any atom is 0.181 e. The van der Waals surface area contributed by atoms with Gasteiger partial charge in [-0.3, -0.25) is 5.10 Å². The van der Waals surface area contributed by atoms with E-state index in [9.17, 15) is 0 Å². The summed E-state index contributed by atoms with van der Waals surface area (Å²) in [7, 11) is 1.64. The van der Waals surface area contributed by atoms with Gasteiger partial charge < -0.3 is 10.5 Å². The van der Waals surface area contributed by atoms with E-state index in [0.717, 1.165) is 17.7 Å². The monoisotopic (exact) mass is 294 g/mol. The van der Waals surface area contributed by atoms with Gasteiger partial charge in [-0.2, -0.15) is 5.10 Å². The zero-order chi connectivity index (χ0) is 15.4. The van der Waals surface area contributed by atoms with Gasteiger partial charge >= 0.3 is 0 Å². The van der Waals surface area contributed by atoms with Crippen molar-refractivity contribution in [3.05, 3.63) is 66.0 Å². The predicted molar refractivity (Wildman–Crippen MR) is 85.4 cm³/mol. The van der Waals surface area contributed by atoms with Gasteiger partial charge in [0.15, 0.2) is 5.82 Å². The van der Waals surface area contributed by atoms with Gasteiger partial charge in [0.1, 0.15) is 11.6 Å². The highest BCUT2D eigenvalue weighted by atomic mass is 16.5. The molecular weight excluding hydrogens is 276 g/mol. The lowest BCUT2D eigenvalue weighted by Gasteiger charge is -2.07. The van der Waals surface area contributed by atoms with Crippen LogP contribution in [0.15, 0.2) is 54.6 Å². The second kappa shape index (κ2) is 6.41. The van der Waals surface area contributed by atoms with E-state index < -0.39 is 0 Å². The first kappa shape index (κ1) is 14.3. The fourth-order valence-electron chi connectivity index (χ4n) is 2.27. The van der Waals surface area contributed by atoms with Crippen LogP contribution in [-0.2, 0) is 6.42 Å². The van der Waals surface area contributed by atoms with Crippen LogP contribution < -0.4 is 10.5 Å². The molecule has 0 spiro atoms. The molecular formula is C17H18N4O. The first-order valence-electron chi connectivity index (χ1n) is 7.12. The quantitative estimate of drug-likeness (QED) is 0.758. The Labute approximate surface area is 129 Å². The van der Waals surface area contributed by atoms with Crippen molar-refractivity contribution in [2.45, 2.75) is 12.5 Å². The van der Waals surface area contributed by atoms with Crippen molar-refractivity contribution in [3.8, 4) is 17.1 Å². The lowest BCUT2D eigenvalue weighted by Crippen LogP contribution is -2.15. The molecule has 112 valence electrons. The number of nitrogens with one attached hydrogen (secondary N) is 1. The standard InChI is InChI=1S/C17H18N4O/c1-22-14-9-7-13(8-10-14)16-19-17(21-20-16)15(18)11-12-5-3-2-4-6-12/h2-10,15H,11,18H2,1H3,(H,19,20,21). The van der Waals surface area contributed by atoms with Gasteiger partial charge in [-0.25, -0.2) is 4.98 Å². The van der Waals surface area contributed by atoms with Crippen LogP contribution in [0.4, 0.5) is 0 Å². The Hall–Kier alpha value is -2.66. The van der Waals surface area contributed by atoms with E-state index in [1.165, 1.54) is 5.56 Å². The Morgan fingerprint density at radius 1 is 1.09 bits per heavy atom.